The first-order chi connectivity index (χ1) is 9.83. The van der Waals surface area contributed by atoms with Crippen LogP contribution in [0.1, 0.15) is 11.1 Å². The Morgan fingerprint density at radius 2 is 1.90 bits per heavy atom. The molecule has 0 bridgehead atoms. The maximum Gasteiger partial charge on any atom is 0.573 e. The van der Waals surface area contributed by atoms with Crippen LogP contribution in [0.3, 0.4) is 0 Å². The molecule has 0 aliphatic heterocycles. The van der Waals surface area contributed by atoms with Crippen LogP contribution in [0, 0.1) is 6.92 Å². The number of hydrogen-bond acceptors (Lipinski definition) is 2. The van der Waals surface area contributed by atoms with Crippen LogP contribution in [0.15, 0.2) is 42.5 Å². The average Bonchev–Trinajstić information content (AvgIpc) is 2.36. The molecular weight excluding hydrogens is 303 g/mol. The lowest BCUT2D eigenvalue weighted by molar-refractivity contribution is -0.274. The highest BCUT2D eigenvalue weighted by molar-refractivity contribution is 6.30. The van der Waals surface area contributed by atoms with Crippen molar-refractivity contribution in [3.63, 3.8) is 0 Å². The molecule has 0 radical (unpaired) electrons. The second-order valence-corrected chi connectivity index (χ2v) is 4.94. The molecule has 0 aliphatic carbocycles. The van der Waals surface area contributed by atoms with Crippen LogP contribution in [0.25, 0.3) is 0 Å². The summed E-state index contributed by atoms with van der Waals surface area (Å²) < 4.78 is 40.4. The Bertz CT molecular complexity index is 629. The Kier molecular flexibility index (Phi) is 4.63. The summed E-state index contributed by atoms with van der Waals surface area (Å²) in [4.78, 5) is 0. The van der Waals surface area contributed by atoms with Crippen molar-refractivity contribution in [3.8, 4) is 5.75 Å². The van der Waals surface area contributed by atoms with E-state index < -0.39 is 6.36 Å². The van der Waals surface area contributed by atoms with Crippen LogP contribution in [-0.2, 0) is 6.54 Å². The predicted molar refractivity (Wildman–Crippen MR) is 76.6 cm³/mol. The second kappa shape index (κ2) is 6.26. The third kappa shape index (κ3) is 4.86. The maximum absolute atomic E-state index is 12.2. The minimum atomic E-state index is -4.69. The normalized spacial score (nSPS) is 11.3. The zero-order chi connectivity index (χ0) is 15.5. The summed E-state index contributed by atoms with van der Waals surface area (Å²) in [5.74, 6) is -0.250. The van der Waals surface area contributed by atoms with E-state index in [1.165, 1.54) is 18.2 Å². The van der Waals surface area contributed by atoms with E-state index in [2.05, 4.69) is 10.1 Å². The largest absolute Gasteiger partial charge is 0.573 e. The van der Waals surface area contributed by atoms with Crippen LogP contribution < -0.4 is 10.1 Å². The van der Waals surface area contributed by atoms with Crippen molar-refractivity contribution >= 4 is 17.3 Å². The fraction of sp³-hybridized carbons (Fsp3) is 0.200. The van der Waals surface area contributed by atoms with Crippen molar-refractivity contribution < 1.29 is 17.9 Å². The third-order valence-electron chi connectivity index (χ3n) is 2.86. The number of aryl methyl sites for hydroxylation is 1. The first-order valence-corrected chi connectivity index (χ1v) is 6.56. The predicted octanol–water partition coefficient (Wildman–Crippen LogP) is 5.16. The molecule has 112 valence electrons. The van der Waals surface area contributed by atoms with Gasteiger partial charge in [-0.1, -0.05) is 23.7 Å². The molecule has 2 aromatic rings. The lowest BCUT2D eigenvalue weighted by Gasteiger charge is -2.12. The number of anilines is 1. The topological polar surface area (TPSA) is 21.3 Å². The van der Waals surface area contributed by atoms with E-state index in [0.717, 1.165) is 11.1 Å². The molecule has 2 nitrogen and oxygen atoms in total. The fourth-order valence-electron chi connectivity index (χ4n) is 1.86. The molecule has 0 heterocycles. The van der Waals surface area contributed by atoms with Gasteiger partial charge in [0.1, 0.15) is 5.75 Å². The highest BCUT2D eigenvalue weighted by Gasteiger charge is 2.31. The van der Waals surface area contributed by atoms with Gasteiger partial charge in [-0.15, -0.1) is 13.2 Å². The van der Waals surface area contributed by atoms with Crippen molar-refractivity contribution in [2.45, 2.75) is 19.8 Å². The lowest BCUT2D eigenvalue weighted by atomic mass is 10.1. The molecule has 2 aromatic carbocycles. The molecule has 1 N–H and O–H groups in total. The van der Waals surface area contributed by atoms with Gasteiger partial charge in [-0.3, -0.25) is 0 Å². The molecule has 0 aliphatic rings. The number of nitrogens with one attached hydrogen (secondary N) is 1. The number of hydrogen-bond donors (Lipinski definition) is 1. The van der Waals surface area contributed by atoms with Crippen LogP contribution in [-0.4, -0.2) is 6.36 Å². The number of ether oxygens (including phenoxy) is 1. The fourth-order valence-corrected chi connectivity index (χ4v) is 2.08. The highest BCUT2D eigenvalue weighted by Crippen LogP contribution is 2.25. The lowest BCUT2D eigenvalue weighted by Crippen LogP contribution is -2.17. The van der Waals surface area contributed by atoms with E-state index in [9.17, 15) is 13.2 Å². The Labute approximate surface area is 125 Å². The quantitative estimate of drug-likeness (QED) is 0.841. The van der Waals surface area contributed by atoms with Crippen LogP contribution >= 0.6 is 11.6 Å². The monoisotopic (exact) mass is 315 g/mol. The summed E-state index contributed by atoms with van der Waals surface area (Å²) in [6, 6.07) is 11.2. The molecule has 0 amide bonds. The van der Waals surface area contributed by atoms with Crippen molar-refractivity contribution in [2.24, 2.45) is 0 Å². The summed E-state index contributed by atoms with van der Waals surface area (Å²) in [7, 11) is 0. The Balaban J connectivity index is 2.05. The Morgan fingerprint density at radius 3 is 2.57 bits per heavy atom. The van der Waals surface area contributed by atoms with Crippen LogP contribution in [0.5, 0.6) is 5.75 Å². The summed E-state index contributed by atoms with van der Waals surface area (Å²) in [6.07, 6.45) is -4.69. The molecule has 0 fully saturated rings. The van der Waals surface area contributed by atoms with Crippen molar-refractivity contribution in [1.29, 1.82) is 0 Å². The standard InChI is InChI=1S/C15H13ClF3NO/c1-10-7-12(16)6-5-11(10)9-20-13-3-2-4-14(8-13)21-15(17,18)19/h2-8,20H,9H2,1H3. The summed E-state index contributed by atoms with van der Waals surface area (Å²) >= 11 is 5.87. The van der Waals surface area contributed by atoms with Crippen LogP contribution in [0.2, 0.25) is 5.02 Å². The zero-order valence-electron chi connectivity index (χ0n) is 11.2. The van der Waals surface area contributed by atoms with E-state index >= 15 is 0 Å². The molecule has 0 unspecified atom stereocenters. The molecule has 2 rings (SSSR count). The van der Waals surface area contributed by atoms with Crippen LogP contribution in [0.4, 0.5) is 18.9 Å². The molecule has 0 saturated carbocycles. The van der Waals surface area contributed by atoms with Gasteiger partial charge >= 0.3 is 6.36 Å². The highest BCUT2D eigenvalue weighted by atomic mass is 35.5. The SMILES string of the molecule is Cc1cc(Cl)ccc1CNc1cccc(OC(F)(F)F)c1. The van der Waals surface area contributed by atoms with Gasteiger partial charge in [-0.2, -0.15) is 0 Å². The third-order valence-corrected chi connectivity index (χ3v) is 3.09. The van der Waals surface area contributed by atoms with Gasteiger partial charge in [-0.25, -0.2) is 0 Å². The van der Waals surface area contributed by atoms with Gasteiger partial charge in [0.15, 0.2) is 0 Å². The summed E-state index contributed by atoms with van der Waals surface area (Å²) in [5, 5.41) is 3.71. The maximum atomic E-state index is 12.2. The number of rotatable bonds is 4. The summed E-state index contributed by atoms with van der Waals surface area (Å²) in [6.45, 7) is 2.41. The van der Waals surface area contributed by atoms with E-state index in [1.807, 2.05) is 19.1 Å². The van der Waals surface area contributed by atoms with Crippen molar-refractivity contribution in [3.05, 3.63) is 58.6 Å². The molecule has 0 spiro atoms. The van der Waals surface area contributed by atoms with Gasteiger partial charge in [-0.05, 0) is 42.3 Å². The second-order valence-electron chi connectivity index (χ2n) is 4.50. The number of halogens is 4. The van der Waals surface area contributed by atoms with E-state index in [4.69, 9.17) is 11.6 Å². The minimum Gasteiger partial charge on any atom is -0.406 e. The minimum absolute atomic E-state index is 0.250. The number of alkyl halides is 3. The van der Waals surface area contributed by atoms with E-state index in [0.29, 0.717) is 17.3 Å². The van der Waals surface area contributed by atoms with Crippen molar-refractivity contribution in [1.82, 2.24) is 0 Å². The number of benzene rings is 2. The first kappa shape index (κ1) is 15.5. The van der Waals surface area contributed by atoms with Gasteiger partial charge in [0.25, 0.3) is 0 Å². The zero-order valence-corrected chi connectivity index (χ0v) is 11.9. The van der Waals surface area contributed by atoms with E-state index in [1.54, 1.807) is 12.1 Å². The molecule has 21 heavy (non-hydrogen) atoms. The molecule has 6 heteroatoms. The Morgan fingerprint density at radius 1 is 1.14 bits per heavy atom. The van der Waals surface area contributed by atoms with Crippen molar-refractivity contribution in [2.75, 3.05) is 5.32 Å². The summed E-state index contributed by atoms with van der Waals surface area (Å²) in [5.41, 5.74) is 2.57. The average molecular weight is 316 g/mol. The van der Waals surface area contributed by atoms with Gasteiger partial charge in [0, 0.05) is 23.3 Å². The molecule has 0 atom stereocenters. The molecular formula is C15H13ClF3NO. The van der Waals surface area contributed by atoms with Gasteiger partial charge < -0.3 is 10.1 Å². The smallest absolute Gasteiger partial charge is 0.406 e. The molecule has 0 saturated heterocycles. The van der Waals surface area contributed by atoms with Gasteiger partial charge in [0.2, 0.25) is 0 Å². The van der Waals surface area contributed by atoms with Gasteiger partial charge in [0.05, 0.1) is 0 Å². The molecule has 0 aromatic heterocycles. The Hall–Kier alpha value is -1.88. The van der Waals surface area contributed by atoms with E-state index in [-0.39, 0.29) is 5.75 Å². The first-order valence-electron chi connectivity index (χ1n) is 6.18.